The number of nitrogens with one attached hydrogen (secondary N) is 4. The van der Waals surface area contributed by atoms with Crippen molar-refractivity contribution < 1.29 is 74.2 Å². The normalized spacial score (nSPS) is 17.7. The zero-order valence-electron chi connectivity index (χ0n) is 12.1. The second-order valence-corrected chi connectivity index (χ2v) is 5.38. The van der Waals surface area contributed by atoms with E-state index >= 15 is 0 Å². The van der Waals surface area contributed by atoms with Crippen molar-refractivity contribution in [3.8, 4) is 0 Å². The predicted octanol–water partition coefficient (Wildman–Crippen LogP) is -9.89. The van der Waals surface area contributed by atoms with Gasteiger partial charge in [0.25, 0.3) is 0 Å². The van der Waals surface area contributed by atoms with Crippen molar-refractivity contribution in [3.05, 3.63) is 0 Å². The summed E-state index contributed by atoms with van der Waals surface area (Å²) in [7, 11) is -9.39. The molecule has 6 N–H and O–H groups in total. The molecule has 1 fully saturated rings. The van der Waals surface area contributed by atoms with Crippen LogP contribution in [-0.2, 0) is 16.5 Å². The first-order chi connectivity index (χ1) is 10.0. The van der Waals surface area contributed by atoms with Crippen LogP contribution in [0.4, 0.5) is 0 Å². The molecule has 0 amide bonds. The van der Waals surface area contributed by atoms with Crippen LogP contribution in [0.5, 0.6) is 0 Å². The Kier molecular flexibility index (Phi) is 21.5. The van der Waals surface area contributed by atoms with E-state index in [9.17, 15) is 0 Å². The summed E-state index contributed by atoms with van der Waals surface area (Å²) in [6.07, 6.45) is 0. The van der Waals surface area contributed by atoms with Gasteiger partial charge in [0, 0.05) is 68.8 Å². The Morgan fingerprint density at radius 1 is 0.478 bits per heavy atom. The third-order valence-electron chi connectivity index (χ3n) is 1.91. The minimum absolute atomic E-state index is 0. The molecule has 1 aliphatic heterocycles. The first kappa shape index (κ1) is 28.4. The van der Waals surface area contributed by atoms with Crippen molar-refractivity contribution in [1.82, 2.24) is 21.3 Å². The van der Waals surface area contributed by atoms with Crippen LogP contribution in [-0.4, -0.2) is 61.7 Å². The molecule has 0 unspecified atom stereocenters. The number of hydrogen-bond donors (Lipinski definition) is 6. The molecule has 0 bridgehead atoms. The van der Waals surface area contributed by atoms with Crippen LogP contribution in [0.15, 0.2) is 0 Å². The first-order valence-corrected chi connectivity index (χ1v) is 8.62. The van der Waals surface area contributed by atoms with Crippen molar-refractivity contribution >= 4 is 0 Å². The molecule has 1 aliphatic rings. The first-order valence-electron chi connectivity index (χ1n) is 6.09. The van der Waals surface area contributed by atoms with Crippen LogP contribution < -0.4 is 49.2 Å². The minimum Gasteiger partial charge on any atom is -0.314 e. The molecule has 12 nitrogen and oxygen atoms in total. The van der Waals surface area contributed by atoms with Crippen LogP contribution in [0.3, 0.4) is 0 Å². The maximum Gasteiger partial charge on any atom is 0.0777 e. The van der Waals surface area contributed by atoms with Gasteiger partial charge in [-0.25, -0.2) is 0 Å². The van der Waals surface area contributed by atoms with Crippen LogP contribution >= 0.6 is 0 Å². The van der Waals surface area contributed by atoms with Crippen molar-refractivity contribution in [1.29, 1.82) is 0 Å². The van der Waals surface area contributed by atoms with E-state index in [1.165, 1.54) is 0 Å². The quantitative estimate of drug-likeness (QED) is 0.196. The number of halogens is 2. The van der Waals surface area contributed by atoms with Gasteiger partial charge in [-0.15, -0.1) is 0 Å². The van der Waals surface area contributed by atoms with Gasteiger partial charge >= 0.3 is 0 Å². The molecule has 0 aliphatic carbocycles. The fraction of sp³-hybridized carbons (Fsp3) is 1.00. The zero-order valence-corrected chi connectivity index (χ0v) is 14.6. The van der Waals surface area contributed by atoms with Gasteiger partial charge in [-0.3, -0.25) is 0 Å². The molecule has 146 valence electrons. The zero-order chi connectivity index (χ0) is 17.5. The second-order valence-electron chi connectivity index (χ2n) is 3.79. The molecule has 0 radical (unpaired) electrons. The standard InChI is InChI=1S/C8H20N4.2ClHO4.Ni/c1-2-10-5-6-12-8-7-11-4-3-9-1;2*2-1(3,4)5;/h9-12H,1-8H2;2*(H,2,3,4,5);. The average Bonchev–Trinajstić information content (AvgIpc) is 2.25. The Hall–Kier alpha value is 0.594. The van der Waals surface area contributed by atoms with Crippen LogP contribution in [0.2, 0.25) is 0 Å². The summed E-state index contributed by atoms with van der Waals surface area (Å²) < 4.78 is 65.4. The van der Waals surface area contributed by atoms with Crippen LogP contribution in [0, 0.1) is 20.5 Å². The molecule has 1 rings (SSSR count). The monoisotopic (exact) mass is 430 g/mol. The van der Waals surface area contributed by atoms with Crippen LogP contribution in [0.1, 0.15) is 0 Å². The molecule has 15 heteroatoms. The predicted molar refractivity (Wildman–Crippen MR) is 55.9 cm³/mol. The number of rotatable bonds is 0. The minimum atomic E-state index is -4.69. The maximum absolute atomic E-state index is 8.60. The van der Waals surface area contributed by atoms with E-state index in [1.807, 2.05) is 0 Å². The van der Waals surface area contributed by atoms with Crippen molar-refractivity contribution in [3.63, 3.8) is 0 Å². The van der Waals surface area contributed by atoms with Gasteiger partial charge in [-0.2, -0.15) is 28.0 Å². The molecule has 23 heavy (non-hydrogen) atoms. The molecule has 1 saturated heterocycles. The summed E-state index contributed by atoms with van der Waals surface area (Å²) in [5, 5.41) is 13.4. The third kappa shape index (κ3) is 60.4. The van der Waals surface area contributed by atoms with E-state index in [-0.39, 0.29) is 16.5 Å². The molecule has 0 aromatic heterocycles. The van der Waals surface area contributed by atoms with Crippen LogP contribution in [0.25, 0.3) is 0 Å². The van der Waals surface area contributed by atoms with E-state index < -0.39 is 20.5 Å². The molecule has 0 atom stereocenters. The summed E-state index contributed by atoms with van der Waals surface area (Å²) >= 11 is 0. The molecule has 1 heterocycles. The smallest absolute Gasteiger partial charge is 0.0777 e. The van der Waals surface area contributed by atoms with E-state index in [4.69, 9.17) is 37.3 Å². The van der Waals surface area contributed by atoms with Gasteiger partial charge in [-0.1, -0.05) is 0 Å². The molecule has 0 spiro atoms. The molecule has 0 aromatic rings. The summed E-state index contributed by atoms with van der Waals surface area (Å²) in [4.78, 5) is 0. The van der Waals surface area contributed by atoms with E-state index in [0.717, 1.165) is 52.4 Å². The summed E-state index contributed by atoms with van der Waals surface area (Å²) in [6.45, 7) is 8.57. The Balaban J connectivity index is -0.000000307. The SMILES string of the molecule is C1CNCCNCCNCCN1.[Ni].[O-][Cl+3]([O-])([O-])O.[O-][Cl+3]([O-])([O-])O. The fourth-order valence-electron chi connectivity index (χ4n) is 1.21. The molecule has 0 saturated carbocycles. The van der Waals surface area contributed by atoms with E-state index in [2.05, 4.69) is 21.3 Å². The largest absolute Gasteiger partial charge is 0.314 e. The Bertz CT molecular complexity index is 180. The van der Waals surface area contributed by atoms with Crippen molar-refractivity contribution in [2.45, 2.75) is 0 Å². The van der Waals surface area contributed by atoms with Gasteiger partial charge in [0.15, 0.2) is 0 Å². The number of hydrogen-bond acceptors (Lipinski definition) is 12. The molecular formula is C8H22Cl2N4NiO8. The Morgan fingerprint density at radius 2 is 0.565 bits per heavy atom. The summed E-state index contributed by atoms with van der Waals surface area (Å²) in [6, 6.07) is 0. The summed E-state index contributed by atoms with van der Waals surface area (Å²) in [5.41, 5.74) is 0. The van der Waals surface area contributed by atoms with Crippen molar-refractivity contribution in [2.24, 2.45) is 0 Å². The topological polar surface area (TPSA) is 227 Å². The third-order valence-corrected chi connectivity index (χ3v) is 1.91. The van der Waals surface area contributed by atoms with Gasteiger partial charge in [-0.05, 0) is 0 Å². The van der Waals surface area contributed by atoms with Gasteiger partial charge in [0.05, 0.1) is 29.8 Å². The molecule has 0 aromatic carbocycles. The average molecular weight is 432 g/mol. The van der Waals surface area contributed by atoms with Gasteiger partial charge in [0.2, 0.25) is 0 Å². The van der Waals surface area contributed by atoms with Gasteiger partial charge < -0.3 is 21.3 Å². The maximum atomic E-state index is 8.60. The summed E-state index contributed by atoms with van der Waals surface area (Å²) in [5.74, 6) is 0. The van der Waals surface area contributed by atoms with E-state index in [1.54, 1.807) is 0 Å². The molecular weight excluding hydrogens is 410 g/mol. The van der Waals surface area contributed by atoms with Crippen molar-refractivity contribution in [2.75, 3.05) is 52.4 Å². The van der Waals surface area contributed by atoms with E-state index in [0.29, 0.717) is 0 Å². The second kappa shape index (κ2) is 17.4. The van der Waals surface area contributed by atoms with Gasteiger partial charge in [0.1, 0.15) is 0 Å². The Labute approximate surface area is 148 Å². The Morgan fingerprint density at radius 3 is 0.652 bits per heavy atom. The fourth-order valence-corrected chi connectivity index (χ4v) is 1.21.